The third-order valence-electron chi connectivity index (χ3n) is 4.37. The van der Waals surface area contributed by atoms with E-state index in [-0.39, 0.29) is 6.04 Å². The van der Waals surface area contributed by atoms with Crippen LogP contribution in [-0.2, 0) is 11.2 Å². The van der Waals surface area contributed by atoms with Crippen molar-refractivity contribution in [1.82, 2.24) is 0 Å². The maximum atomic E-state index is 6.46. The molecule has 1 atom stereocenters. The van der Waals surface area contributed by atoms with Gasteiger partial charge in [0.15, 0.2) is 0 Å². The van der Waals surface area contributed by atoms with Crippen LogP contribution in [0.3, 0.4) is 0 Å². The van der Waals surface area contributed by atoms with E-state index in [4.69, 9.17) is 10.5 Å². The molecule has 2 heteroatoms. The zero-order chi connectivity index (χ0) is 13.5. The van der Waals surface area contributed by atoms with Crippen molar-refractivity contribution in [2.24, 2.45) is 11.7 Å². The van der Waals surface area contributed by atoms with Gasteiger partial charge in [0.05, 0.1) is 6.61 Å². The summed E-state index contributed by atoms with van der Waals surface area (Å²) in [6.07, 6.45) is 9.06. The van der Waals surface area contributed by atoms with Crippen LogP contribution in [0.2, 0.25) is 0 Å². The first-order valence-corrected chi connectivity index (χ1v) is 7.64. The Labute approximate surface area is 117 Å². The van der Waals surface area contributed by atoms with E-state index in [1.165, 1.54) is 49.7 Å². The van der Waals surface area contributed by atoms with Crippen molar-refractivity contribution in [3.05, 3.63) is 35.4 Å². The summed E-state index contributed by atoms with van der Waals surface area (Å²) >= 11 is 0. The van der Waals surface area contributed by atoms with E-state index in [1.807, 2.05) is 0 Å². The number of hydrogen-bond acceptors (Lipinski definition) is 2. The summed E-state index contributed by atoms with van der Waals surface area (Å²) in [5, 5.41) is 0. The standard InChI is InChI=1S/C17H27NO/c1-19-13-12-14-8-10-16(11-9-14)17(18)15-6-4-2-3-5-7-15/h8-11,15,17H,2-7,12-13,18H2,1H3. The molecule has 1 aliphatic rings. The number of nitrogens with two attached hydrogens (primary N) is 1. The molecular formula is C17H27NO. The lowest BCUT2D eigenvalue weighted by atomic mass is 9.87. The van der Waals surface area contributed by atoms with Crippen molar-refractivity contribution < 1.29 is 4.74 Å². The zero-order valence-corrected chi connectivity index (χ0v) is 12.1. The first kappa shape index (κ1) is 14.5. The molecule has 0 aromatic heterocycles. The quantitative estimate of drug-likeness (QED) is 0.817. The molecule has 0 heterocycles. The van der Waals surface area contributed by atoms with E-state index in [0.29, 0.717) is 5.92 Å². The summed E-state index contributed by atoms with van der Waals surface area (Å²) in [6, 6.07) is 9.03. The molecule has 0 aliphatic heterocycles. The van der Waals surface area contributed by atoms with Gasteiger partial charge in [0.25, 0.3) is 0 Å². The van der Waals surface area contributed by atoms with Crippen LogP contribution in [0.25, 0.3) is 0 Å². The highest BCUT2D eigenvalue weighted by Crippen LogP contribution is 2.32. The Hall–Kier alpha value is -0.860. The molecule has 106 valence electrons. The molecule has 1 saturated carbocycles. The first-order valence-electron chi connectivity index (χ1n) is 7.64. The van der Waals surface area contributed by atoms with E-state index in [9.17, 15) is 0 Å². The molecule has 1 aromatic rings. The van der Waals surface area contributed by atoms with Crippen LogP contribution < -0.4 is 5.73 Å². The average Bonchev–Trinajstić information content (AvgIpc) is 2.74. The van der Waals surface area contributed by atoms with E-state index >= 15 is 0 Å². The molecule has 19 heavy (non-hydrogen) atoms. The summed E-state index contributed by atoms with van der Waals surface area (Å²) in [5.74, 6) is 0.673. The summed E-state index contributed by atoms with van der Waals surface area (Å²) in [6.45, 7) is 0.786. The summed E-state index contributed by atoms with van der Waals surface area (Å²) in [4.78, 5) is 0. The molecule has 0 amide bonds. The van der Waals surface area contributed by atoms with Gasteiger partial charge < -0.3 is 10.5 Å². The van der Waals surface area contributed by atoms with Gasteiger partial charge in [-0.2, -0.15) is 0 Å². The molecule has 2 nitrogen and oxygen atoms in total. The molecule has 0 saturated heterocycles. The average molecular weight is 261 g/mol. The summed E-state index contributed by atoms with van der Waals surface area (Å²) in [7, 11) is 1.75. The number of methoxy groups -OCH3 is 1. The molecule has 0 bridgehead atoms. The van der Waals surface area contributed by atoms with Gasteiger partial charge in [-0.1, -0.05) is 49.9 Å². The maximum Gasteiger partial charge on any atom is 0.0502 e. The minimum absolute atomic E-state index is 0.217. The third kappa shape index (κ3) is 4.32. The van der Waals surface area contributed by atoms with Gasteiger partial charge in [0.1, 0.15) is 0 Å². The van der Waals surface area contributed by atoms with E-state index in [0.717, 1.165) is 13.0 Å². The highest BCUT2D eigenvalue weighted by molar-refractivity contribution is 5.25. The Bertz CT molecular complexity index is 352. The summed E-state index contributed by atoms with van der Waals surface area (Å²) in [5.41, 5.74) is 9.10. The van der Waals surface area contributed by atoms with Crippen LogP contribution in [0.5, 0.6) is 0 Å². The Balaban J connectivity index is 1.95. The molecule has 1 unspecified atom stereocenters. The maximum absolute atomic E-state index is 6.46. The van der Waals surface area contributed by atoms with Gasteiger partial charge in [-0.25, -0.2) is 0 Å². The van der Waals surface area contributed by atoms with Crippen LogP contribution in [0.1, 0.15) is 55.7 Å². The number of benzene rings is 1. The molecule has 1 fully saturated rings. The minimum atomic E-state index is 0.217. The monoisotopic (exact) mass is 261 g/mol. The van der Waals surface area contributed by atoms with Gasteiger partial charge in [0.2, 0.25) is 0 Å². The van der Waals surface area contributed by atoms with Crippen LogP contribution >= 0.6 is 0 Å². The molecule has 0 spiro atoms. The second-order valence-corrected chi connectivity index (χ2v) is 5.76. The second kappa shape index (κ2) is 7.66. The predicted molar refractivity (Wildman–Crippen MR) is 80.1 cm³/mol. The Morgan fingerprint density at radius 2 is 1.74 bits per heavy atom. The lowest BCUT2D eigenvalue weighted by Gasteiger charge is -2.23. The van der Waals surface area contributed by atoms with Crippen molar-refractivity contribution in [3.8, 4) is 0 Å². The molecule has 0 radical (unpaired) electrons. The molecule has 1 aromatic carbocycles. The highest BCUT2D eigenvalue weighted by Gasteiger charge is 2.20. The smallest absolute Gasteiger partial charge is 0.0502 e. The second-order valence-electron chi connectivity index (χ2n) is 5.76. The van der Waals surface area contributed by atoms with Gasteiger partial charge in [-0.15, -0.1) is 0 Å². The van der Waals surface area contributed by atoms with Crippen LogP contribution in [0, 0.1) is 5.92 Å². The van der Waals surface area contributed by atoms with Crippen molar-refractivity contribution in [2.45, 2.75) is 51.0 Å². The highest BCUT2D eigenvalue weighted by atomic mass is 16.5. The molecule has 1 aliphatic carbocycles. The van der Waals surface area contributed by atoms with Gasteiger partial charge >= 0.3 is 0 Å². The van der Waals surface area contributed by atoms with Crippen LogP contribution in [0.15, 0.2) is 24.3 Å². The normalized spacial score (nSPS) is 19.1. The van der Waals surface area contributed by atoms with Crippen molar-refractivity contribution in [3.63, 3.8) is 0 Å². The largest absolute Gasteiger partial charge is 0.384 e. The Morgan fingerprint density at radius 1 is 1.11 bits per heavy atom. The van der Waals surface area contributed by atoms with E-state index in [1.54, 1.807) is 7.11 Å². The Kier molecular flexibility index (Phi) is 5.87. The van der Waals surface area contributed by atoms with Crippen molar-refractivity contribution in [2.75, 3.05) is 13.7 Å². The number of ether oxygens (including phenoxy) is 1. The zero-order valence-electron chi connectivity index (χ0n) is 12.1. The lowest BCUT2D eigenvalue weighted by molar-refractivity contribution is 0.202. The Morgan fingerprint density at radius 3 is 2.32 bits per heavy atom. The first-order chi connectivity index (χ1) is 9.31. The SMILES string of the molecule is COCCc1ccc(C(N)C2CCCCCC2)cc1. The third-order valence-corrected chi connectivity index (χ3v) is 4.37. The molecular weight excluding hydrogens is 234 g/mol. The van der Waals surface area contributed by atoms with Crippen LogP contribution in [0.4, 0.5) is 0 Å². The van der Waals surface area contributed by atoms with Crippen LogP contribution in [-0.4, -0.2) is 13.7 Å². The van der Waals surface area contributed by atoms with Crippen molar-refractivity contribution >= 4 is 0 Å². The van der Waals surface area contributed by atoms with Gasteiger partial charge in [0, 0.05) is 13.2 Å². The number of rotatable bonds is 5. The topological polar surface area (TPSA) is 35.2 Å². The molecule has 2 rings (SSSR count). The van der Waals surface area contributed by atoms with E-state index < -0.39 is 0 Å². The van der Waals surface area contributed by atoms with E-state index in [2.05, 4.69) is 24.3 Å². The van der Waals surface area contributed by atoms with Gasteiger partial charge in [-0.05, 0) is 36.3 Å². The van der Waals surface area contributed by atoms with Crippen molar-refractivity contribution in [1.29, 1.82) is 0 Å². The minimum Gasteiger partial charge on any atom is -0.384 e. The lowest BCUT2D eigenvalue weighted by Crippen LogP contribution is -2.21. The fourth-order valence-corrected chi connectivity index (χ4v) is 3.07. The summed E-state index contributed by atoms with van der Waals surface area (Å²) < 4.78 is 5.11. The predicted octanol–water partition coefficient (Wildman–Crippen LogP) is 3.85. The van der Waals surface area contributed by atoms with Gasteiger partial charge in [-0.3, -0.25) is 0 Å². The fraction of sp³-hybridized carbons (Fsp3) is 0.647. The number of hydrogen-bond donors (Lipinski definition) is 1. The molecule has 2 N–H and O–H groups in total. The fourth-order valence-electron chi connectivity index (χ4n) is 3.07.